The van der Waals surface area contributed by atoms with E-state index < -0.39 is 11.9 Å². The molecule has 0 saturated carbocycles. The number of aryl methyl sites for hydroxylation is 2. The van der Waals surface area contributed by atoms with Crippen molar-refractivity contribution in [2.24, 2.45) is 0 Å². The topological polar surface area (TPSA) is 85.7 Å². The summed E-state index contributed by atoms with van der Waals surface area (Å²) in [4.78, 5) is 35.5. The van der Waals surface area contributed by atoms with Gasteiger partial charge in [0.05, 0.1) is 16.7 Å². The van der Waals surface area contributed by atoms with Gasteiger partial charge >= 0.3 is 0 Å². The zero-order valence-electron chi connectivity index (χ0n) is 18.9. The van der Waals surface area contributed by atoms with Crippen molar-refractivity contribution in [3.8, 4) is 0 Å². The minimum Gasteiger partial charge on any atom is -0.365 e. The fourth-order valence-electron chi connectivity index (χ4n) is 5.29. The van der Waals surface area contributed by atoms with Crippen molar-refractivity contribution in [2.75, 3.05) is 38.1 Å². The number of nitrogens with one attached hydrogen (secondary N) is 2. The maximum Gasteiger partial charge on any atom is 0.272 e. The number of rotatable bonds is 4. The molecule has 0 radical (unpaired) electrons. The third-order valence-electron chi connectivity index (χ3n) is 6.97. The average molecular weight is 461 g/mol. The number of halogens is 1. The highest BCUT2D eigenvalue weighted by atomic mass is 19.1. The molecule has 0 spiro atoms. The Kier molecular flexibility index (Phi) is 4.88. The number of hydrogen-bond acceptors (Lipinski definition) is 5. The maximum absolute atomic E-state index is 14.6. The summed E-state index contributed by atoms with van der Waals surface area (Å²) in [5, 5.41) is 2.46. The fourth-order valence-corrected chi connectivity index (χ4v) is 5.29. The fraction of sp³-hybridized carbons (Fsp3) is 0.320. The van der Waals surface area contributed by atoms with Crippen molar-refractivity contribution in [3.05, 3.63) is 75.2 Å². The summed E-state index contributed by atoms with van der Waals surface area (Å²) in [5.41, 5.74) is 6.75. The van der Waals surface area contributed by atoms with Gasteiger partial charge in [0.2, 0.25) is 5.95 Å². The summed E-state index contributed by atoms with van der Waals surface area (Å²) in [6.45, 7) is 3.67. The molecule has 0 bridgehead atoms. The van der Waals surface area contributed by atoms with Crippen LogP contribution in [0.2, 0.25) is 0 Å². The molecule has 1 aromatic carbocycles. The monoisotopic (exact) mass is 460 g/mol. The van der Waals surface area contributed by atoms with Gasteiger partial charge in [-0.1, -0.05) is 6.07 Å². The van der Waals surface area contributed by atoms with Crippen molar-refractivity contribution in [2.45, 2.75) is 19.4 Å². The van der Waals surface area contributed by atoms with E-state index in [-0.39, 0.29) is 11.3 Å². The van der Waals surface area contributed by atoms with Gasteiger partial charge in [-0.25, -0.2) is 4.98 Å². The number of hydrogen-bond donors (Lipinski definition) is 2. The Morgan fingerprint density at radius 2 is 1.94 bits per heavy atom. The van der Waals surface area contributed by atoms with Crippen LogP contribution in [0.4, 0.5) is 10.1 Å². The van der Waals surface area contributed by atoms with Crippen LogP contribution in [0.15, 0.2) is 41.2 Å². The zero-order chi connectivity index (χ0) is 23.4. The van der Waals surface area contributed by atoms with Gasteiger partial charge in [-0.3, -0.25) is 14.5 Å². The molecule has 2 N–H and O–H groups in total. The Morgan fingerprint density at radius 3 is 2.71 bits per heavy atom. The Labute approximate surface area is 195 Å². The van der Waals surface area contributed by atoms with E-state index in [2.05, 4.69) is 36.7 Å². The van der Waals surface area contributed by atoms with Gasteiger partial charge in [-0.15, -0.1) is 0 Å². The molecule has 174 valence electrons. The largest absolute Gasteiger partial charge is 0.365 e. The molecule has 2 aliphatic heterocycles. The first-order valence-corrected chi connectivity index (χ1v) is 11.6. The van der Waals surface area contributed by atoms with Crippen LogP contribution in [0.5, 0.6) is 0 Å². The third-order valence-corrected chi connectivity index (χ3v) is 6.97. The number of benzene rings is 1. The zero-order valence-corrected chi connectivity index (χ0v) is 18.9. The van der Waals surface area contributed by atoms with Gasteiger partial charge in [0.15, 0.2) is 0 Å². The summed E-state index contributed by atoms with van der Waals surface area (Å²) in [5.74, 6) is -1.03. The van der Waals surface area contributed by atoms with Crippen LogP contribution in [0.25, 0.3) is 16.6 Å². The SMILES string of the molecule is CNC(=O)c1ccc(N2CCN(Cc3cc4c5c(c3)[nH]c(=O)c3ccc(n35)CC4)CC2)c(F)n1. The predicted octanol–water partition coefficient (Wildman–Crippen LogP) is 2.10. The van der Waals surface area contributed by atoms with Crippen LogP contribution in [0, 0.1) is 5.95 Å². The second-order valence-corrected chi connectivity index (χ2v) is 9.00. The lowest BCUT2D eigenvalue weighted by molar-refractivity contribution is 0.0957. The molecule has 0 aliphatic carbocycles. The molecular formula is C25H25FN6O2. The highest BCUT2D eigenvalue weighted by Crippen LogP contribution is 2.28. The van der Waals surface area contributed by atoms with Crippen LogP contribution in [-0.2, 0) is 19.4 Å². The predicted molar refractivity (Wildman–Crippen MR) is 128 cm³/mol. The molecule has 0 unspecified atom stereocenters. The highest BCUT2D eigenvalue weighted by molar-refractivity contribution is 5.92. The molecule has 3 aromatic heterocycles. The van der Waals surface area contributed by atoms with E-state index >= 15 is 0 Å². The summed E-state index contributed by atoms with van der Waals surface area (Å²) < 4.78 is 16.7. The molecule has 4 aromatic rings. The van der Waals surface area contributed by atoms with Crippen molar-refractivity contribution >= 4 is 28.1 Å². The van der Waals surface area contributed by atoms with E-state index in [1.165, 1.54) is 23.9 Å². The molecule has 0 atom stereocenters. The maximum atomic E-state index is 14.6. The number of carbonyl (C=O) groups excluding carboxylic acids is 1. The molecule has 1 fully saturated rings. The minimum absolute atomic E-state index is 0.0598. The number of piperazine rings is 1. The van der Waals surface area contributed by atoms with E-state index in [0.29, 0.717) is 24.3 Å². The van der Waals surface area contributed by atoms with Crippen LogP contribution in [0.3, 0.4) is 0 Å². The summed E-state index contributed by atoms with van der Waals surface area (Å²) in [6.07, 6.45) is 1.89. The number of H-pyrrole nitrogens is 1. The van der Waals surface area contributed by atoms with E-state index in [0.717, 1.165) is 43.5 Å². The first kappa shape index (κ1) is 20.9. The lowest BCUT2D eigenvalue weighted by Crippen LogP contribution is -2.46. The minimum atomic E-state index is -0.622. The summed E-state index contributed by atoms with van der Waals surface area (Å²) >= 11 is 0. The number of anilines is 1. The van der Waals surface area contributed by atoms with Gasteiger partial charge in [-0.2, -0.15) is 4.39 Å². The number of pyridine rings is 1. The number of carbonyl (C=O) groups is 1. The molecule has 9 heteroatoms. The Balaban J connectivity index is 1.20. The lowest BCUT2D eigenvalue weighted by atomic mass is 9.99. The third kappa shape index (κ3) is 3.35. The van der Waals surface area contributed by atoms with Gasteiger partial charge in [0.1, 0.15) is 11.2 Å². The quantitative estimate of drug-likeness (QED) is 0.456. The van der Waals surface area contributed by atoms with E-state index in [1.54, 1.807) is 12.1 Å². The van der Waals surface area contributed by atoms with Gasteiger partial charge in [-0.05, 0) is 54.3 Å². The van der Waals surface area contributed by atoms with Crippen LogP contribution in [0.1, 0.15) is 27.3 Å². The van der Waals surface area contributed by atoms with Crippen molar-refractivity contribution in [1.82, 2.24) is 24.6 Å². The second-order valence-electron chi connectivity index (χ2n) is 9.00. The number of amides is 1. The molecule has 34 heavy (non-hydrogen) atoms. The van der Waals surface area contributed by atoms with Gasteiger partial charge < -0.3 is 19.6 Å². The van der Waals surface area contributed by atoms with Crippen LogP contribution < -0.4 is 15.8 Å². The Hall–Kier alpha value is -3.72. The molecule has 1 amide bonds. The van der Waals surface area contributed by atoms with E-state index in [4.69, 9.17) is 0 Å². The number of nitrogens with zero attached hydrogens (tertiary/aromatic N) is 4. The van der Waals surface area contributed by atoms with Crippen molar-refractivity contribution < 1.29 is 9.18 Å². The Bertz CT molecular complexity index is 1500. The average Bonchev–Trinajstić information content (AvgIpc) is 3.29. The normalized spacial score (nSPS) is 16.0. The van der Waals surface area contributed by atoms with Gasteiger partial charge in [0.25, 0.3) is 11.5 Å². The van der Waals surface area contributed by atoms with Gasteiger partial charge in [0, 0.05) is 45.5 Å². The molecule has 5 heterocycles. The highest BCUT2D eigenvalue weighted by Gasteiger charge is 2.23. The summed E-state index contributed by atoms with van der Waals surface area (Å²) in [6, 6.07) is 11.5. The number of aromatic nitrogens is 3. The number of aromatic amines is 1. The second kappa shape index (κ2) is 7.95. The molecule has 6 rings (SSSR count). The van der Waals surface area contributed by atoms with Crippen LogP contribution in [-0.4, -0.2) is 58.4 Å². The Morgan fingerprint density at radius 1 is 1.12 bits per heavy atom. The van der Waals surface area contributed by atoms with E-state index in [9.17, 15) is 14.0 Å². The first-order chi connectivity index (χ1) is 16.5. The lowest BCUT2D eigenvalue weighted by Gasteiger charge is -2.36. The smallest absolute Gasteiger partial charge is 0.272 e. The van der Waals surface area contributed by atoms with E-state index in [1.807, 2.05) is 17.0 Å². The molecular weight excluding hydrogens is 435 g/mol. The molecule has 1 saturated heterocycles. The van der Waals surface area contributed by atoms with Crippen molar-refractivity contribution in [1.29, 1.82) is 0 Å². The molecule has 2 aliphatic rings. The standard InChI is InChI=1S/C25H25FN6O2/c1-27-24(33)18-5-7-20(23(26)28-18)31-10-8-30(9-11-31)14-15-12-16-2-3-17-4-6-21-25(34)29-19(13-15)22(16)32(17)21/h4-7,12-13H,2-3,8-11,14H2,1H3,(H,27,33)(H,29,34). The summed E-state index contributed by atoms with van der Waals surface area (Å²) in [7, 11) is 1.50. The van der Waals surface area contributed by atoms with Crippen LogP contribution >= 0.6 is 0 Å². The first-order valence-electron chi connectivity index (χ1n) is 11.6. The molecule has 8 nitrogen and oxygen atoms in total. The van der Waals surface area contributed by atoms with Crippen molar-refractivity contribution in [3.63, 3.8) is 0 Å².